The molecule has 20 heavy (non-hydrogen) atoms. The Labute approximate surface area is 121 Å². The van der Waals surface area contributed by atoms with E-state index in [2.05, 4.69) is 22.4 Å². The highest BCUT2D eigenvalue weighted by atomic mass is 16.5. The summed E-state index contributed by atoms with van der Waals surface area (Å²) in [5.74, 6) is 3.14. The van der Waals surface area contributed by atoms with Crippen LogP contribution in [0.5, 0.6) is 0 Å². The van der Waals surface area contributed by atoms with Gasteiger partial charge in [-0.3, -0.25) is 0 Å². The fourth-order valence-electron chi connectivity index (χ4n) is 3.67. The molecule has 3 unspecified atom stereocenters. The van der Waals surface area contributed by atoms with E-state index < -0.39 is 0 Å². The van der Waals surface area contributed by atoms with Crippen LogP contribution in [0.3, 0.4) is 0 Å². The van der Waals surface area contributed by atoms with Crippen molar-refractivity contribution in [2.75, 3.05) is 6.54 Å². The maximum Gasteiger partial charge on any atom is 0.226 e. The molecular formula is C16H27N3O. The summed E-state index contributed by atoms with van der Waals surface area (Å²) in [4.78, 5) is 4.65. The molecule has 3 atom stereocenters. The summed E-state index contributed by atoms with van der Waals surface area (Å²) in [7, 11) is 0. The van der Waals surface area contributed by atoms with Crippen LogP contribution in [0.1, 0.15) is 75.9 Å². The van der Waals surface area contributed by atoms with Gasteiger partial charge in [0, 0.05) is 18.4 Å². The molecule has 4 nitrogen and oxygen atoms in total. The van der Waals surface area contributed by atoms with E-state index in [1.165, 1.54) is 51.5 Å². The highest BCUT2D eigenvalue weighted by Crippen LogP contribution is 2.34. The minimum atomic E-state index is 0.532. The van der Waals surface area contributed by atoms with Crippen molar-refractivity contribution in [2.45, 2.75) is 76.7 Å². The van der Waals surface area contributed by atoms with Crippen molar-refractivity contribution in [3.8, 4) is 0 Å². The summed E-state index contributed by atoms with van der Waals surface area (Å²) in [6, 6.07) is 0.647. The Morgan fingerprint density at radius 2 is 2.15 bits per heavy atom. The molecule has 2 fully saturated rings. The first-order valence-corrected chi connectivity index (χ1v) is 8.37. The standard InChI is InChI=1S/C16H27N3O/c1-12-5-4-6-13(11-12)16-18-15(20-19-16)9-8-14-7-2-3-10-17-14/h12-14,17H,2-11H2,1H3. The molecule has 112 valence electrons. The molecular weight excluding hydrogens is 250 g/mol. The fourth-order valence-corrected chi connectivity index (χ4v) is 3.67. The summed E-state index contributed by atoms with van der Waals surface area (Å²) in [5, 5.41) is 7.81. The summed E-state index contributed by atoms with van der Waals surface area (Å²) in [6.07, 6.45) is 11.1. The quantitative estimate of drug-likeness (QED) is 0.916. The van der Waals surface area contributed by atoms with Crippen molar-refractivity contribution in [3.05, 3.63) is 11.7 Å². The van der Waals surface area contributed by atoms with Gasteiger partial charge < -0.3 is 9.84 Å². The van der Waals surface area contributed by atoms with Gasteiger partial charge in [-0.2, -0.15) is 4.98 Å². The van der Waals surface area contributed by atoms with Gasteiger partial charge >= 0.3 is 0 Å². The fraction of sp³-hybridized carbons (Fsp3) is 0.875. The first kappa shape index (κ1) is 14.1. The lowest BCUT2D eigenvalue weighted by Crippen LogP contribution is -2.34. The molecule has 1 aliphatic heterocycles. The molecule has 0 amide bonds. The average molecular weight is 277 g/mol. The van der Waals surface area contributed by atoms with E-state index in [4.69, 9.17) is 4.52 Å². The van der Waals surface area contributed by atoms with Crippen LogP contribution in [0, 0.1) is 5.92 Å². The van der Waals surface area contributed by atoms with Crippen LogP contribution in [0.2, 0.25) is 0 Å². The summed E-state index contributed by atoms with van der Waals surface area (Å²) < 4.78 is 5.46. The summed E-state index contributed by atoms with van der Waals surface area (Å²) in [6.45, 7) is 3.50. The van der Waals surface area contributed by atoms with E-state index >= 15 is 0 Å². The monoisotopic (exact) mass is 277 g/mol. The molecule has 3 rings (SSSR count). The lowest BCUT2D eigenvalue weighted by Gasteiger charge is -2.24. The lowest BCUT2D eigenvalue weighted by atomic mass is 9.82. The third kappa shape index (κ3) is 3.60. The van der Waals surface area contributed by atoms with E-state index in [0.29, 0.717) is 12.0 Å². The van der Waals surface area contributed by atoms with E-state index in [9.17, 15) is 0 Å². The Balaban J connectivity index is 1.51. The topological polar surface area (TPSA) is 51.0 Å². The number of piperidine rings is 1. The van der Waals surface area contributed by atoms with E-state index in [-0.39, 0.29) is 0 Å². The Bertz CT molecular complexity index is 412. The molecule has 1 aromatic heterocycles. The summed E-state index contributed by atoms with van der Waals surface area (Å²) >= 11 is 0. The molecule has 0 bridgehead atoms. The van der Waals surface area contributed by atoms with Crippen molar-refractivity contribution < 1.29 is 4.52 Å². The first-order chi connectivity index (χ1) is 9.81. The number of hydrogen-bond acceptors (Lipinski definition) is 4. The molecule has 2 heterocycles. The van der Waals surface area contributed by atoms with Crippen molar-refractivity contribution >= 4 is 0 Å². The molecule has 4 heteroatoms. The van der Waals surface area contributed by atoms with Crippen molar-refractivity contribution in [1.82, 2.24) is 15.5 Å². The lowest BCUT2D eigenvalue weighted by molar-refractivity contribution is 0.316. The van der Waals surface area contributed by atoms with Crippen LogP contribution in [0.15, 0.2) is 4.52 Å². The number of nitrogens with one attached hydrogen (secondary N) is 1. The highest BCUT2D eigenvalue weighted by Gasteiger charge is 2.24. The molecule has 1 saturated carbocycles. The van der Waals surface area contributed by atoms with Crippen LogP contribution in [0.25, 0.3) is 0 Å². The Morgan fingerprint density at radius 3 is 2.95 bits per heavy atom. The maximum atomic E-state index is 5.46. The maximum absolute atomic E-state index is 5.46. The van der Waals surface area contributed by atoms with Gasteiger partial charge in [-0.05, 0) is 44.6 Å². The number of hydrogen-bond donors (Lipinski definition) is 1. The minimum Gasteiger partial charge on any atom is -0.339 e. The minimum absolute atomic E-state index is 0.532. The Morgan fingerprint density at radius 1 is 1.20 bits per heavy atom. The van der Waals surface area contributed by atoms with Gasteiger partial charge in [0.15, 0.2) is 5.82 Å². The molecule has 1 saturated heterocycles. The Hall–Kier alpha value is -0.900. The third-order valence-corrected chi connectivity index (χ3v) is 4.90. The van der Waals surface area contributed by atoms with Gasteiger partial charge in [0.05, 0.1) is 0 Å². The van der Waals surface area contributed by atoms with Gasteiger partial charge in [-0.1, -0.05) is 31.3 Å². The van der Waals surface area contributed by atoms with Crippen molar-refractivity contribution in [1.29, 1.82) is 0 Å². The zero-order valence-electron chi connectivity index (χ0n) is 12.6. The molecule has 0 aromatic carbocycles. The highest BCUT2D eigenvalue weighted by molar-refractivity contribution is 4.98. The normalized spacial score (nSPS) is 31.4. The second kappa shape index (κ2) is 6.70. The zero-order valence-corrected chi connectivity index (χ0v) is 12.6. The first-order valence-electron chi connectivity index (χ1n) is 8.37. The van der Waals surface area contributed by atoms with Gasteiger partial charge in [-0.25, -0.2) is 0 Å². The summed E-state index contributed by atoms with van der Waals surface area (Å²) in [5.41, 5.74) is 0. The zero-order chi connectivity index (χ0) is 13.8. The van der Waals surface area contributed by atoms with Crippen LogP contribution >= 0.6 is 0 Å². The number of nitrogens with zero attached hydrogens (tertiary/aromatic N) is 2. The van der Waals surface area contributed by atoms with Crippen LogP contribution in [-0.4, -0.2) is 22.7 Å². The third-order valence-electron chi connectivity index (χ3n) is 4.90. The van der Waals surface area contributed by atoms with Gasteiger partial charge in [0.25, 0.3) is 0 Å². The van der Waals surface area contributed by atoms with E-state index in [0.717, 1.165) is 30.5 Å². The molecule has 1 N–H and O–H groups in total. The molecule has 2 aliphatic rings. The van der Waals surface area contributed by atoms with E-state index in [1.807, 2.05) is 0 Å². The van der Waals surface area contributed by atoms with Gasteiger partial charge in [0.1, 0.15) is 0 Å². The average Bonchev–Trinajstić information content (AvgIpc) is 2.95. The van der Waals surface area contributed by atoms with Crippen molar-refractivity contribution in [2.24, 2.45) is 5.92 Å². The predicted molar refractivity (Wildman–Crippen MR) is 78.6 cm³/mol. The van der Waals surface area contributed by atoms with Gasteiger partial charge in [-0.15, -0.1) is 0 Å². The predicted octanol–water partition coefficient (Wildman–Crippen LogP) is 3.44. The smallest absolute Gasteiger partial charge is 0.226 e. The van der Waals surface area contributed by atoms with Gasteiger partial charge in [0.2, 0.25) is 5.89 Å². The number of aromatic nitrogens is 2. The molecule has 0 spiro atoms. The van der Waals surface area contributed by atoms with Crippen LogP contribution < -0.4 is 5.32 Å². The van der Waals surface area contributed by atoms with Crippen molar-refractivity contribution in [3.63, 3.8) is 0 Å². The number of rotatable bonds is 4. The molecule has 1 aliphatic carbocycles. The second-order valence-corrected chi connectivity index (χ2v) is 6.70. The Kier molecular flexibility index (Phi) is 4.71. The van der Waals surface area contributed by atoms with Crippen LogP contribution in [0.4, 0.5) is 0 Å². The molecule has 1 aromatic rings. The van der Waals surface area contributed by atoms with E-state index in [1.54, 1.807) is 0 Å². The SMILES string of the molecule is CC1CCCC(c2noc(CCC3CCCCN3)n2)C1. The van der Waals surface area contributed by atoms with Crippen LogP contribution in [-0.2, 0) is 6.42 Å². The largest absolute Gasteiger partial charge is 0.339 e. The second-order valence-electron chi connectivity index (χ2n) is 6.70. The number of aryl methyl sites for hydroxylation is 1. The molecule has 0 radical (unpaired) electrons.